The number of amides is 2. The van der Waals surface area contributed by atoms with Crippen molar-refractivity contribution in [1.29, 1.82) is 0 Å². The van der Waals surface area contributed by atoms with Crippen molar-refractivity contribution in [3.63, 3.8) is 0 Å². The van der Waals surface area contributed by atoms with Crippen LogP contribution in [0, 0.1) is 6.92 Å². The summed E-state index contributed by atoms with van der Waals surface area (Å²) in [4.78, 5) is 26.1. The molecule has 2 amide bonds. The van der Waals surface area contributed by atoms with Gasteiger partial charge in [0.2, 0.25) is 5.76 Å². The van der Waals surface area contributed by atoms with Crippen LogP contribution in [0.15, 0.2) is 71.1 Å². The Morgan fingerprint density at radius 3 is 2.12 bits per heavy atom. The van der Waals surface area contributed by atoms with Gasteiger partial charge in [0.15, 0.2) is 0 Å². The monoisotopic (exact) mass is 430 g/mol. The van der Waals surface area contributed by atoms with Gasteiger partial charge in [-0.05, 0) is 43.3 Å². The second kappa shape index (κ2) is 8.85. The minimum Gasteiger partial charge on any atom is -0.497 e. The highest BCUT2D eigenvalue weighted by Crippen LogP contribution is 2.32. The number of ether oxygens (including phenoxy) is 2. The molecule has 4 aromatic rings. The van der Waals surface area contributed by atoms with Crippen LogP contribution in [-0.4, -0.2) is 26.0 Å². The van der Waals surface area contributed by atoms with Crippen molar-refractivity contribution in [2.45, 2.75) is 6.92 Å². The third kappa shape index (κ3) is 4.27. The number of anilines is 2. The Morgan fingerprint density at radius 2 is 1.47 bits per heavy atom. The SMILES string of the molecule is COc1cc(OC)cc(C(=O)Nc2c(C(=O)Nc3ccc(C)cc3)oc3ccccc23)c1. The number of methoxy groups -OCH3 is 2. The molecule has 0 aliphatic heterocycles. The maximum atomic E-state index is 13.1. The summed E-state index contributed by atoms with van der Waals surface area (Å²) in [6, 6.07) is 19.4. The molecular weight excluding hydrogens is 408 g/mol. The highest BCUT2D eigenvalue weighted by Gasteiger charge is 2.23. The van der Waals surface area contributed by atoms with E-state index in [1.54, 1.807) is 48.5 Å². The lowest BCUT2D eigenvalue weighted by Crippen LogP contribution is -2.17. The van der Waals surface area contributed by atoms with E-state index in [2.05, 4.69) is 10.6 Å². The minimum atomic E-state index is -0.469. The summed E-state index contributed by atoms with van der Waals surface area (Å²) in [5, 5.41) is 6.25. The average Bonchev–Trinajstić information content (AvgIpc) is 3.18. The smallest absolute Gasteiger partial charge is 0.293 e. The molecular formula is C25H22N2O5. The molecule has 0 saturated carbocycles. The molecule has 1 aromatic heterocycles. The normalized spacial score (nSPS) is 10.6. The van der Waals surface area contributed by atoms with Gasteiger partial charge in [-0.1, -0.05) is 29.8 Å². The van der Waals surface area contributed by atoms with Crippen LogP contribution in [0.4, 0.5) is 11.4 Å². The Kier molecular flexibility index (Phi) is 5.81. The number of carbonyl (C=O) groups excluding carboxylic acids is 2. The number of hydrogen-bond donors (Lipinski definition) is 2. The summed E-state index contributed by atoms with van der Waals surface area (Å²) in [5.74, 6) is 0.0597. The van der Waals surface area contributed by atoms with E-state index in [0.717, 1.165) is 5.56 Å². The first kappa shape index (κ1) is 21.0. The Morgan fingerprint density at radius 1 is 0.812 bits per heavy atom. The van der Waals surface area contributed by atoms with E-state index in [4.69, 9.17) is 13.9 Å². The van der Waals surface area contributed by atoms with Crippen LogP contribution in [0.1, 0.15) is 26.5 Å². The molecule has 0 spiro atoms. The maximum absolute atomic E-state index is 13.1. The number of hydrogen-bond acceptors (Lipinski definition) is 5. The predicted molar refractivity (Wildman–Crippen MR) is 123 cm³/mol. The fourth-order valence-corrected chi connectivity index (χ4v) is 3.28. The molecule has 32 heavy (non-hydrogen) atoms. The summed E-state index contributed by atoms with van der Waals surface area (Å²) in [5.41, 5.74) is 2.79. The van der Waals surface area contributed by atoms with Gasteiger partial charge in [0, 0.05) is 22.7 Å². The number of rotatable bonds is 6. The van der Waals surface area contributed by atoms with Crippen LogP contribution in [0.25, 0.3) is 11.0 Å². The van der Waals surface area contributed by atoms with E-state index in [0.29, 0.717) is 33.7 Å². The first-order valence-corrected chi connectivity index (χ1v) is 9.92. The second-order valence-electron chi connectivity index (χ2n) is 7.18. The van der Waals surface area contributed by atoms with Crippen molar-refractivity contribution in [2.75, 3.05) is 24.9 Å². The van der Waals surface area contributed by atoms with Crippen LogP contribution in [0.3, 0.4) is 0 Å². The molecule has 0 radical (unpaired) electrons. The van der Waals surface area contributed by atoms with E-state index in [9.17, 15) is 9.59 Å². The number of furan rings is 1. The van der Waals surface area contributed by atoms with E-state index < -0.39 is 11.8 Å². The summed E-state index contributed by atoms with van der Waals surface area (Å²) in [6.07, 6.45) is 0. The predicted octanol–water partition coefficient (Wildman–Crippen LogP) is 5.26. The second-order valence-corrected chi connectivity index (χ2v) is 7.18. The Hall–Kier alpha value is -4.26. The van der Waals surface area contributed by atoms with Crippen molar-refractivity contribution in [1.82, 2.24) is 0 Å². The molecule has 0 fully saturated rings. The standard InChI is InChI=1S/C25H22N2O5/c1-15-8-10-17(11-9-15)26-25(29)23-22(20-6-4-5-7-21(20)32-23)27-24(28)16-12-18(30-2)14-19(13-16)31-3/h4-14H,1-3H3,(H,26,29)(H,27,28). The van der Waals surface area contributed by atoms with E-state index >= 15 is 0 Å². The van der Waals surface area contributed by atoms with Crippen molar-refractivity contribution < 1.29 is 23.5 Å². The van der Waals surface area contributed by atoms with E-state index in [1.165, 1.54) is 14.2 Å². The first-order valence-electron chi connectivity index (χ1n) is 9.92. The van der Waals surface area contributed by atoms with Gasteiger partial charge in [-0.25, -0.2) is 0 Å². The molecule has 7 nitrogen and oxygen atoms in total. The molecule has 0 aliphatic carbocycles. The summed E-state index contributed by atoms with van der Waals surface area (Å²) in [6.45, 7) is 1.96. The number of benzene rings is 3. The van der Waals surface area contributed by atoms with Crippen LogP contribution in [0.2, 0.25) is 0 Å². The molecule has 162 valence electrons. The molecule has 0 atom stereocenters. The van der Waals surface area contributed by atoms with Crippen molar-refractivity contribution in [3.05, 3.63) is 83.6 Å². The lowest BCUT2D eigenvalue weighted by atomic mass is 10.1. The van der Waals surface area contributed by atoms with Gasteiger partial charge in [-0.15, -0.1) is 0 Å². The van der Waals surface area contributed by atoms with Gasteiger partial charge >= 0.3 is 0 Å². The topological polar surface area (TPSA) is 89.8 Å². The summed E-state index contributed by atoms with van der Waals surface area (Å²) < 4.78 is 16.3. The van der Waals surface area contributed by atoms with Gasteiger partial charge in [0.25, 0.3) is 11.8 Å². The van der Waals surface area contributed by atoms with Gasteiger partial charge in [-0.3, -0.25) is 9.59 Å². The van der Waals surface area contributed by atoms with E-state index in [1.807, 2.05) is 25.1 Å². The molecule has 3 aromatic carbocycles. The quantitative estimate of drug-likeness (QED) is 0.435. The van der Waals surface area contributed by atoms with Crippen LogP contribution in [-0.2, 0) is 0 Å². The molecule has 2 N–H and O–H groups in total. The Labute approximate surface area is 184 Å². The van der Waals surface area contributed by atoms with Gasteiger partial charge in [-0.2, -0.15) is 0 Å². The molecule has 4 rings (SSSR count). The molecule has 0 unspecified atom stereocenters. The van der Waals surface area contributed by atoms with Crippen molar-refractivity contribution >= 4 is 34.2 Å². The van der Waals surface area contributed by atoms with Crippen molar-refractivity contribution in [2.24, 2.45) is 0 Å². The minimum absolute atomic E-state index is 0.00925. The van der Waals surface area contributed by atoms with Gasteiger partial charge in [0.05, 0.1) is 14.2 Å². The fraction of sp³-hybridized carbons (Fsp3) is 0.120. The lowest BCUT2D eigenvalue weighted by Gasteiger charge is -2.10. The van der Waals surface area contributed by atoms with Crippen LogP contribution >= 0.6 is 0 Å². The van der Waals surface area contributed by atoms with E-state index in [-0.39, 0.29) is 11.4 Å². The molecule has 7 heteroatoms. The largest absolute Gasteiger partial charge is 0.497 e. The zero-order valence-electron chi connectivity index (χ0n) is 17.9. The molecule has 0 aliphatic rings. The summed E-state index contributed by atoms with van der Waals surface area (Å²) >= 11 is 0. The number of fused-ring (bicyclic) bond motifs is 1. The van der Waals surface area contributed by atoms with Crippen molar-refractivity contribution in [3.8, 4) is 11.5 Å². The van der Waals surface area contributed by atoms with Crippen LogP contribution in [0.5, 0.6) is 11.5 Å². The number of para-hydroxylation sites is 1. The number of carbonyl (C=O) groups is 2. The molecule has 0 bridgehead atoms. The Bertz CT molecular complexity index is 1270. The summed E-state index contributed by atoms with van der Waals surface area (Å²) in [7, 11) is 3.01. The fourth-order valence-electron chi connectivity index (χ4n) is 3.28. The average molecular weight is 430 g/mol. The highest BCUT2D eigenvalue weighted by atomic mass is 16.5. The molecule has 1 heterocycles. The number of nitrogens with one attached hydrogen (secondary N) is 2. The highest BCUT2D eigenvalue weighted by molar-refractivity contribution is 6.17. The zero-order chi connectivity index (χ0) is 22.7. The Balaban J connectivity index is 1.69. The number of aryl methyl sites for hydroxylation is 1. The maximum Gasteiger partial charge on any atom is 0.293 e. The van der Waals surface area contributed by atoms with Crippen LogP contribution < -0.4 is 20.1 Å². The van der Waals surface area contributed by atoms with Gasteiger partial charge < -0.3 is 24.5 Å². The lowest BCUT2D eigenvalue weighted by molar-refractivity contribution is 0.0999. The van der Waals surface area contributed by atoms with Gasteiger partial charge in [0.1, 0.15) is 22.8 Å². The zero-order valence-corrected chi connectivity index (χ0v) is 17.9. The molecule has 0 saturated heterocycles. The third-order valence-electron chi connectivity index (χ3n) is 4.96. The third-order valence-corrected chi connectivity index (χ3v) is 4.96. The first-order chi connectivity index (χ1) is 15.5.